The minimum Gasteiger partial charge on any atom is -0.478 e. The van der Waals surface area contributed by atoms with Gasteiger partial charge in [-0.1, -0.05) is 13.8 Å². The van der Waals surface area contributed by atoms with Crippen molar-refractivity contribution >= 4 is 29.3 Å². The van der Waals surface area contributed by atoms with Crippen molar-refractivity contribution in [3.05, 3.63) is 28.0 Å². The molecular formula is C15H19NO3S. The number of nitrogens with zero attached hydrogens (tertiary/aromatic N) is 1. The molecule has 1 heterocycles. The van der Waals surface area contributed by atoms with E-state index in [0.29, 0.717) is 22.4 Å². The highest BCUT2D eigenvalue weighted by Gasteiger charge is 2.34. The van der Waals surface area contributed by atoms with Crippen LogP contribution in [0.15, 0.2) is 17.5 Å². The molecular weight excluding hydrogens is 274 g/mol. The maximum atomic E-state index is 12.6. The summed E-state index contributed by atoms with van der Waals surface area (Å²) in [5.41, 5.74) is 0.691. The van der Waals surface area contributed by atoms with E-state index in [0.717, 1.165) is 25.5 Å². The molecule has 1 aliphatic rings. The van der Waals surface area contributed by atoms with Gasteiger partial charge in [0.1, 0.15) is 0 Å². The third-order valence-electron chi connectivity index (χ3n) is 3.11. The van der Waals surface area contributed by atoms with Gasteiger partial charge in [-0.3, -0.25) is 4.79 Å². The zero-order chi connectivity index (χ0) is 14.7. The quantitative estimate of drug-likeness (QED) is 0.820. The zero-order valence-corrected chi connectivity index (χ0v) is 12.5. The second kappa shape index (κ2) is 6.22. The molecule has 0 unspecified atom stereocenters. The summed E-state index contributed by atoms with van der Waals surface area (Å²) < 4.78 is 0. The monoisotopic (exact) mass is 293 g/mol. The number of carbonyl (C=O) groups is 2. The second-order valence-electron chi connectivity index (χ2n) is 5.46. The Kier molecular flexibility index (Phi) is 4.60. The first-order valence-electron chi connectivity index (χ1n) is 6.78. The van der Waals surface area contributed by atoms with Crippen LogP contribution >= 0.6 is 11.3 Å². The molecule has 0 radical (unpaired) electrons. The number of carbonyl (C=O) groups excluding carboxylic acids is 1. The van der Waals surface area contributed by atoms with Crippen LogP contribution in [0.5, 0.6) is 0 Å². The first-order valence-corrected chi connectivity index (χ1v) is 7.66. The Balaban J connectivity index is 2.19. The summed E-state index contributed by atoms with van der Waals surface area (Å²) in [6.45, 7) is 4.95. The molecule has 4 nitrogen and oxygen atoms in total. The number of aliphatic carboxylic acids is 1. The Morgan fingerprint density at radius 2 is 2.20 bits per heavy atom. The maximum absolute atomic E-state index is 12.6. The molecule has 1 aliphatic carbocycles. The molecule has 1 fully saturated rings. The van der Waals surface area contributed by atoms with Gasteiger partial charge in [0.2, 0.25) is 0 Å². The van der Waals surface area contributed by atoms with Crippen LogP contribution in [0.3, 0.4) is 0 Å². The molecule has 5 heteroatoms. The van der Waals surface area contributed by atoms with E-state index >= 15 is 0 Å². The van der Waals surface area contributed by atoms with E-state index in [2.05, 4.69) is 13.8 Å². The Hall–Kier alpha value is -1.62. The van der Waals surface area contributed by atoms with Crippen LogP contribution in [0, 0.1) is 5.92 Å². The summed E-state index contributed by atoms with van der Waals surface area (Å²) in [7, 11) is 0. The summed E-state index contributed by atoms with van der Waals surface area (Å²) in [5.74, 6) is -0.547. The molecule has 0 bridgehead atoms. The standard InChI is InChI=1S/C15H19NO3S/c1-10(2)9-16(12-4-5-12)15(19)14-11(7-8-20-14)3-6-13(17)18/h3,6-8,10,12H,4-5,9H2,1-2H3,(H,17,18). The van der Waals surface area contributed by atoms with Gasteiger partial charge in [-0.25, -0.2) is 4.79 Å². The molecule has 108 valence electrons. The molecule has 0 aliphatic heterocycles. The number of hydrogen-bond donors (Lipinski definition) is 1. The Morgan fingerprint density at radius 1 is 1.50 bits per heavy atom. The van der Waals surface area contributed by atoms with Gasteiger partial charge >= 0.3 is 5.97 Å². The van der Waals surface area contributed by atoms with Gasteiger partial charge in [0, 0.05) is 18.7 Å². The largest absolute Gasteiger partial charge is 0.478 e. The van der Waals surface area contributed by atoms with Crippen molar-refractivity contribution in [1.29, 1.82) is 0 Å². The highest BCUT2D eigenvalue weighted by molar-refractivity contribution is 7.12. The fourth-order valence-electron chi connectivity index (χ4n) is 2.09. The first-order chi connectivity index (χ1) is 9.49. The van der Waals surface area contributed by atoms with E-state index in [1.54, 1.807) is 6.07 Å². The molecule has 1 saturated carbocycles. The van der Waals surface area contributed by atoms with Gasteiger partial charge in [-0.05, 0) is 41.8 Å². The predicted molar refractivity (Wildman–Crippen MR) is 79.9 cm³/mol. The van der Waals surface area contributed by atoms with Crippen LogP contribution in [0.1, 0.15) is 41.9 Å². The van der Waals surface area contributed by atoms with Crippen LogP contribution in [0.4, 0.5) is 0 Å². The summed E-state index contributed by atoms with van der Waals surface area (Å²) in [6, 6.07) is 2.15. The lowest BCUT2D eigenvalue weighted by Gasteiger charge is -2.24. The fourth-order valence-corrected chi connectivity index (χ4v) is 2.93. The number of hydrogen-bond acceptors (Lipinski definition) is 3. The number of carboxylic acid groups (broad SMARTS) is 1. The van der Waals surface area contributed by atoms with Gasteiger partial charge in [0.15, 0.2) is 0 Å². The number of rotatable bonds is 6. The predicted octanol–water partition coefficient (Wildman–Crippen LogP) is 3.11. The molecule has 1 aromatic rings. The van der Waals surface area contributed by atoms with Gasteiger partial charge in [0.25, 0.3) is 5.91 Å². The molecule has 0 saturated heterocycles. The average molecular weight is 293 g/mol. The molecule has 0 spiro atoms. The van der Waals surface area contributed by atoms with Gasteiger partial charge in [0.05, 0.1) is 4.88 Å². The van der Waals surface area contributed by atoms with E-state index in [1.807, 2.05) is 10.3 Å². The molecule has 1 aromatic heterocycles. The van der Waals surface area contributed by atoms with E-state index in [1.165, 1.54) is 17.4 Å². The van der Waals surface area contributed by atoms with Crippen molar-refractivity contribution in [3.8, 4) is 0 Å². The maximum Gasteiger partial charge on any atom is 0.328 e. The zero-order valence-electron chi connectivity index (χ0n) is 11.7. The highest BCUT2D eigenvalue weighted by Crippen LogP contribution is 2.31. The topological polar surface area (TPSA) is 57.6 Å². The number of thiophene rings is 1. The molecule has 1 amide bonds. The van der Waals surface area contributed by atoms with Crippen molar-refractivity contribution in [2.75, 3.05) is 6.54 Å². The Morgan fingerprint density at radius 3 is 2.75 bits per heavy atom. The van der Waals surface area contributed by atoms with Gasteiger partial charge < -0.3 is 10.0 Å². The molecule has 0 atom stereocenters. The lowest BCUT2D eigenvalue weighted by atomic mass is 10.1. The van der Waals surface area contributed by atoms with Crippen LogP contribution in [0.25, 0.3) is 6.08 Å². The first kappa shape index (κ1) is 14.8. The Labute approximate surface area is 122 Å². The van der Waals surface area contributed by atoms with Crippen LogP contribution < -0.4 is 0 Å². The van der Waals surface area contributed by atoms with Crippen LogP contribution in [-0.2, 0) is 4.79 Å². The van der Waals surface area contributed by atoms with E-state index in [-0.39, 0.29) is 5.91 Å². The lowest BCUT2D eigenvalue weighted by molar-refractivity contribution is -0.131. The summed E-state index contributed by atoms with van der Waals surface area (Å²) in [5, 5.41) is 10.5. The minimum absolute atomic E-state index is 0.0289. The summed E-state index contributed by atoms with van der Waals surface area (Å²) in [6.07, 6.45) is 4.71. The van der Waals surface area contributed by atoms with Gasteiger partial charge in [-0.2, -0.15) is 0 Å². The third kappa shape index (κ3) is 3.70. The smallest absolute Gasteiger partial charge is 0.328 e. The van der Waals surface area contributed by atoms with Crippen molar-refractivity contribution in [1.82, 2.24) is 4.90 Å². The Bertz CT molecular complexity index is 529. The minimum atomic E-state index is -1.00. The normalized spacial score (nSPS) is 14.9. The summed E-state index contributed by atoms with van der Waals surface area (Å²) in [4.78, 5) is 25.8. The van der Waals surface area contributed by atoms with Crippen molar-refractivity contribution in [2.45, 2.75) is 32.7 Å². The highest BCUT2D eigenvalue weighted by atomic mass is 32.1. The molecule has 2 rings (SSSR count). The summed E-state index contributed by atoms with van der Waals surface area (Å²) >= 11 is 1.37. The van der Waals surface area contributed by atoms with E-state index in [4.69, 9.17) is 5.11 Å². The lowest BCUT2D eigenvalue weighted by Crippen LogP contribution is -2.36. The van der Waals surface area contributed by atoms with Crippen LogP contribution in [0.2, 0.25) is 0 Å². The van der Waals surface area contributed by atoms with Crippen LogP contribution in [-0.4, -0.2) is 34.5 Å². The van der Waals surface area contributed by atoms with Crippen molar-refractivity contribution < 1.29 is 14.7 Å². The van der Waals surface area contributed by atoms with Gasteiger partial charge in [-0.15, -0.1) is 11.3 Å². The van der Waals surface area contributed by atoms with E-state index < -0.39 is 5.97 Å². The van der Waals surface area contributed by atoms with Crippen molar-refractivity contribution in [2.24, 2.45) is 5.92 Å². The average Bonchev–Trinajstić information content (AvgIpc) is 3.10. The second-order valence-corrected chi connectivity index (χ2v) is 6.38. The molecule has 0 aromatic carbocycles. The fraction of sp³-hybridized carbons (Fsp3) is 0.467. The number of amides is 1. The third-order valence-corrected chi connectivity index (χ3v) is 4.02. The SMILES string of the molecule is CC(C)CN(C(=O)c1sccc1C=CC(=O)O)C1CC1. The van der Waals surface area contributed by atoms with E-state index in [9.17, 15) is 9.59 Å². The van der Waals surface area contributed by atoms with Crippen molar-refractivity contribution in [3.63, 3.8) is 0 Å². The molecule has 1 N–H and O–H groups in total. The number of carboxylic acids is 1. The molecule has 20 heavy (non-hydrogen) atoms.